The van der Waals surface area contributed by atoms with Crippen molar-refractivity contribution < 1.29 is 28.9 Å². The second-order valence-electron chi connectivity index (χ2n) is 7.98. The van der Waals surface area contributed by atoms with E-state index in [0.717, 1.165) is 16.7 Å². The minimum atomic E-state index is -1.29. The SMILES string of the molecule is CCOc1cc(/C=C(/NC(=O)COc2cc(C)c(Cl)c(C)c2)C(=O)O)ccc1OCc1ccccc1. The third-order valence-electron chi connectivity index (χ3n) is 5.10. The Morgan fingerprint density at radius 2 is 1.64 bits per heavy atom. The van der Waals surface area contributed by atoms with Crippen molar-refractivity contribution >= 4 is 29.6 Å². The number of ether oxygens (including phenoxy) is 3. The molecule has 36 heavy (non-hydrogen) atoms. The van der Waals surface area contributed by atoms with Crippen LogP contribution in [0.2, 0.25) is 5.02 Å². The van der Waals surface area contributed by atoms with E-state index in [-0.39, 0.29) is 12.3 Å². The molecule has 0 atom stereocenters. The summed E-state index contributed by atoms with van der Waals surface area (Å²) in [7, 11) is 0. The molecule has 0 bridgehead atoms. The standard InChI is InChI=1S/C28H28ClNO6/c1-4-34-25-15-21(10-11-24(25)36-16-20-8-6-5-7-9-20)14-23(28(32)33)30-26(31)17-35-22-12-18(2)27(29)19(3)13-22/h5-15H,4,16-17H2,1-3H3,(H,30,31)(H,32,33)/b23-14+. The molecule has 0 unspecified atom stereocenters. The fourth-order valence-corrected chi connectivity index (χ4v) is 3.49. The van der Waals surface area contributed by atoms with Crippen molar-refractivity contribution in [3.05, 3.63) is 93.6 Å². The highest BCUT2D eigenvalue weighted by Gasteiger charge is 2.14. The molecule has 0 radical (unpaired) electrons. The molecule has 0 spiro atoms. The molecule has 188 valence electrons. The summed E-state index contributed by atoms with van der Waals surface area (Å²) in [5.41, 5.74) is 2.87. The molecule has 7 nitrogen and oxygen atoms in total. The largest absolute Gasteiger partial charge is 0.490 e. The Kier molecular flexibility index (Phi) is 9.36. The van der Waals surface area contributed by atoms with Crippen LogP contribution in [0.15, 0.2) is 66.4 Å². The molecule has 3 aromatic rings. The van der Waals surface area contributed by atoms with Gasteiger partial charge in [0.1, 0.15) is 18.1 Å². The van der Waals surface area contributed by atoms with Crippen molar-refractivity contribution in [2.75, 3.05) is 13.2 Å². The van der Waals surface area contributed by atoms with Crippen molar-refractivity contribution in [3.8, 4) is 17.2 Å². The number of hydrogen-bond acceptors (Lipinski definition) is 5. The summed E-state index contributed by atoms with van der Waals surface area (Å²) in [4.78, 5) is 24.2. The number of aliphatic carboxylic acids is 1. The molecule has 0 aromatic heterocycles. The quantitative estimate of drug-likeness (QED) is 0.329. The van der Waals surface area contributed by atoms with Crippen LogP contribution in [0.4, 0.5) is 0 Å². The Bertz CT molecular complexity index is 1230. The molecule has 0 saturated heterocycles. The number of carbonyl (C=O) groups is 2. The summed E-state index contributed by atoms with van der Waals surface area (Å²) in [5.74, 6) is -0.431. The van der Waals surface area contributed by atoms with Crippen LogP contribution in [-0.4, -0.2) is 30.2 Å². The van der Waals surface area contributed by atoms with Gasteiger partial charge in [-0.3, -0.25) is 4.79 Å². The minimum Gasteiger partial charge on any atom is -0.490 e. The molecule has 1 amide bonds. The number of amides is 1. The van der Waals surface area contributed by atoms with E-state index in [1.807, 2.05) is 51.1 Å². The lowest BCUT2D eigenvalue weighted by atomic mass is 10.1. The van der Waals surface area contributed by atoms with E-state index in [4.69, 9.17) is 25.8 Å². The van der Waals surface area contributed by atoms with Gasteiger partial charge in [-0.25, -0.2) is 4.79 Å². The van der Waals surface area contributed by atoms with E-state index in [0.29, 0.717) is 41.0 Å². The van der Waals surface area contributed by atoms with Gasteiger partial charge < -0.3 is 24.6 Å². The molecule has 0 aliphatic carbocycles. The van der Waals surface area contributed by atoms with Crippen molar-refractivity contribution in [2.45, 2.75) is 27.4 Å². The summed E-state index contributed by atoms with van der Waals surface area (Å²) in [5, 5.41) is 12.6. The highest BCUT2D eigenvalue weighted by atomic mass is 35.5. The summed E-state index contributed by atoms with van der Waals surface area (Å²) >= 11 is 6.15. The molecule has 0 fully saturated rings. The van der Waals surface area contributed by atoms with E-state index in [1.54, 1.807) is 30.3 Å². The lowest BCUT2D eigenvalue weighted by Gasteiger charge is -2.13. The number of carbonyl (C=O) groups excluding carboxylic acids is 1. The van der Waals surface area contributed by atoms with Crippen LogP contribution in [0.1, 0.15) is 29.2 Å². The molecule has 3 aromatic carbocycles. The van der Waals surface area contributed by atoms with Gasteiger partial charge in [0.25, 0.3) is 5.91 Å². The average Bonchev–Trinajstić information content (AvgIpc) is 2.86. The van der Waals surface area contributed by atoms with Gasteiger partial charge in [0, 0.05) is 5.02 Å². The first-order chi connectivity index (χ1) is 17.3. The number of benzene rings is 3. The zero-order chi connectivity index (χ0) is 26.1. The van der Waals surface area contributed by atoms with Crippen molar-refractivity contribution in [2.24, 2.45) is 0 Å². The van der Waals surface area contributed by atoms with Gasteiger partial charge in [-0.15, -0.1) is 0 Å². The van der Waals surface area contributed by atoms with Crippen molar-refractivity contribution in [1.82, 2.24) is 5.32 Å². The maximum absolute atomic E-state index is 12.4. The Hall–Kier alpha value is -3.97. The van der Waals surface area contributed by atoms with E-state index in [1.165, 1.54) is 6.08 Å². The molecule has 0 saturated carbocycles. The Labute approximate surface area is 215 Å². The van der Waals surface area contributed by atoms with Crippen LogP contribution >= 0.6 is 11.6 Å². The van der Waals surface area contributed by atoms with Gasteiger partial charge in [-0.1, -0.05) is 48.0 Å². The molecule has 3 rings (SSSR count). The summed E-state index contributed by atoms with van der Waals surface area (Å²) in [6.07, 6.45) is 1.35. The van der Waals surface area contributed by atoms with Gasteiger partial charge in [-0.05, 0) is 73.4 Å². The normalized spacial score (nSPS) is 11.1. The predicted molar refractivity (Wildman–Crippen MR) is 139 cm³/mol. The van der Waals surface area contributed by atoms with Gasteiger partial charge in [0.2, 0.25) is 0 Å². The lowest BCUT2D eigenvalue weighted by molar-refractivity contribution is -0.134. The maximum atomic E-state index is 12.4. The summed E-state index contributed by atoms with van der Waals surface area (Å²) in [6.45, 7) is 5.92. The topological polar surface area (TPSA) is 94.1 Å². The van der Waals surface area contributed by atoms with Gasteiger partial charge in [-0.2, -0.15) is 0 Å². The first kappa shape index (κ1) is 26.6. The van der Waals surface area contributed by atoms with Crippen LogP contribution < -0.4 is 19.5 Å². The maximum Gasteiger partial charge on any atom is 0.352 e. The second-order valence-corrected chi connectivity index (χ2v) is 8.36. The van der Waals surface area contributed by atoms with E-state index in [2.05, 4.69) is 5.32 Å². The highest BCUT2D eigenvalue weighted by molar-refractivity contribution is 6.32. The molecular weight excluding hydrogens is 482 g/mol. The third kappa shape index (κ3) is 7.52. The molecule has 8 heteroatoms. The summed E-state index contributed by atoms with van der Waals surface area (Å²) in [6, 6.07) is 18.2. The minimum absolute atomic E-state index is 0.299. The number of aryl methyl sites for hydroxylation is 2. The third-order valence-corrected chi connectivity index (χ3v) is 5.70. The van der Waals surface area contributed by atoms with E-state index >= 15 is 0 Å². The number of carboxylic acid groups (broad SMARTS) is 1. The monoisotopic (exact) mass is 509 g/mol. The van der Waals surface area contributed by atoms with E-state index in [9.17, 15) is 14.7 Å². The number of nitrogens with one attached hydrogen (secondary N) is 1. The fourth-order valence-electron chi connectivity index (χ4n) is 3.38. The molecule has 0 aliphatic rings. The van der Waals surface area contributed by atoms with Crippen molar-refractivity contribution in [3.63, 3.8) is 0 Å². The number of carboxylic acids is 1. The van der Waals surface area contributed by atoms with Gasteiger partial charge in [0.15, 0.2) is 18.1 Å². The Morgan fingerprint density at radius 1 is 0.944 bits per heavy atom. The van der Waals surface area contributed by atoms with E-state index < -0.39 is 11.9 Å². The zero-order valence-corrected chi connectivity index (χ0v) is 21.1. The number of hydrogen-bond donors (Lipinski definition) is 2. The van der Waals surface area contributed by atoms with Crippen LogP contribution in [0.3, 0.4) is 0 Å². The van der Waals surface area contributed by atoms with Crippen LogP contribution in [0.25, 0.3) is 6.08 Å². The molecular formula is C28H28ClNO6. The average molecular weight is 510 g/mol. The zero-order valence-electron chi connectivity index (χ0n) is 20.3. The Morgan fingerprint density at radius 3 is 2.28 bits per heavy atom. The number of rotatable bonds is 11. The van der Waals surface area contributed by atoms with Crippen LogP contribution in [0, 0.1) is 13.8 Å². The first-order valence-corrected chi connectivity index (χ1v) is 11.7. The first-order valence-electron chi connectivity index (χ1n) is 11.3. The van der Waals surface area contributed by atoms with Crippen molar-refractivity contribution in [1.29, 1.82) is 0 Å². The molecule has 2 N–H and O–H groups in total. The smallest absolute Gasteiger partial charge is 0.352 e. The highest BCUT2D eigenvalue weighted by Crippen LogP contribution is 2.30. The molecule has 0 heterocycles. The Balaban J connectivity index is 1.70. The lowest BCUT2D eigenvalue weighted by Crippen LogP contribution is -2.31. The predicted octanol–water partition coefficient (Wildman–Crippen LogP) is 5.56. The van der Waals surface area contributed by atoms with Crippen LogP contribution in [-0.2, 0) is 16.2 Å². The van der Waals surface area contributed by atoms with Gasteiger partial charge in [0.05, 0.1) is 6.61 Å². The summed E-state index contributed by atoms with van der Waals surface area (Å²) < 4.78 is 17.1. The van der Waals surface area contributed by atoms with Gasteiger partial charge >= 0.3 is 5.97 Å². The molecule has 0 aliphatic heterocycles. The van der Waals surface area contributed by atoms with Crippen LogP contribution in [0.5, 0.6) is 17.2 Å². The second kappa shape index (κ2) is 12.7. The fraction of sp³-hybridized carbons (Fsp3) is 0.214. The number of halogens is 1.